The molecule has 0 spiro atoms. The lowest BCUT2D eigenvalue weighted by Crippen LogP contribution is -2.56. The van der Waals surface area contributed by atoms with E-state index in [1.807, 2.05) is 0 Å². The molecule has 7 heteroatoms. The van der Waals surface area contributed by atoms with E-state index in [1.165, 1.54) is 5.01 Å². The second-order valence-corrected chi connectivity index (χ2v) is 6.39. The summed E-state index contributed by atoms with van der Waals surface area (Å²) in [5.74, 6) is 0. The van der Waals surface area contributed by atoms with Crippen LogP contribution in [-0.4, -0.2) is 19.1 Å². The predicted octanol–water partition coefficient (Wildman–Crippen LogP) is 4.39. The van der Waals surface area contributed by atoms with Gasteiger partial charge in [-0.3, -0.25) is 0 Å². The van der Waals surface area contributed by atoms with E-state index in [0.29, 0.717) is 40.5 Å². The van der Waals surface area contributed by atoms with E-state index in [-0.39, 0.29) is 11.1 Å². The Morgan fingerprint density at radius 3 is 2.50 bits per heavy atom. The number of carbonyl (C=O) groups excluding carboxylic acids is 1. The Morgan fingerprint density at radius 1 is 1.17 bits per heavy atom. The summed E-state index contributed by atoms with van der Waals surface area (Å²) in [5.41, 5.74) is 5.09. The first kappa shape index (κ1) is 17.0. The molecule has 0 aromatic heterocycles. The van der Waals surface area contributed by atoms with E-state index >= 15 is 0 Å². The number of halogens is 3. The number of anilines is 1. The lowest BCUT2D eigenvalue weighted by Gasteiger charge is -2.29. The lowest BCUT2D eigenvalue weighted by atomic mass is 9.98. The number of aryl methyl sites for hydroxylation is 1. The molecule has 1 saturated heterocycles. The van der Waals surface area contributed by atoms with Crippen molar-refractivity contribution in [1.29, 1.82) is 0 Å². The number of nitrogens with zero attached hydrogens (tertiary/aromatic N) is 1. The second kappa shape index (κ2) is 6.97. The Balaban J connectivity index is 1.95. The fraction of sp³-hybridized carbons (Fsp3) is 0.235. The Morgan fingerprint density at radius 2 is 1.88 bits per heavy atom. The molecule has 2 aromatic carbocycles. The highest BCUT2D eigenvalue weighted by molar-refractivity contribution is 6.32. The van der Waals surface area contributed by atoms with E-state index in [9.17, 15) is 9.18 Å². The van der Waals surface area contributed by atoms with Crippen molar-refractivity contribution in [2.24, 2.45) is 0 Å². The van der Waals surface area contributed by atoms with E-state index < -0.39 is 6.17 Å². The normalized spacial score (nSPS) is 16.0. The van der Waals surface area contributed by atoms with Gasteiger partial charge in [0.25, 0.3) is 0 Å². The fourth-order valence-corrected chi connectivity index (χ4v) is 3.16. The van der Waals surface area contributed by atoms with Crippen LogP contribution in [0.5, 0.6) is 0 Å². The van der Waals surface area contributed by atoms with Crippen molar-refractivity contribution in [2.75, 3.05) is 18.1 Å². The summed E-state index contributed by atoms with van der Waals surface area (Å²) in [7, 11) is 0. The predicted molar refractivity (Wildman–Crippen MR) is 94.5 cm³/mol. The number of hydrazine groups is 1. The molecule has 1 unspecified atom stereocenters. The van der Waals surface area contributed by atoms with Crippen LogP contribution >= 0.6 is 23.2 Å². The number of carbonyl (C=O) groups is 1. The monoisotopic (exact) mass is 367 g/mol. The van der Waals surface area contributed by atoms with Crippen molar-refractivity contribution in [3.63, 3.8) is 0 Å². The van der Waals surface area contributed by atoms with Gasteiger partial charge in [-0.2, -0.15) is 0 Å². The SMILES string of the molecule is Cc1cc(N2NCCNC2=O)cc(Cl)c1C(F)c1ccc(Cl)cc1. The first-order valence-corrected chi connectivity index (χ1v) is 8.24. The van der Waals surface area contributed by atoms with Crippen LogP contribution in [0.2, 0.25) is 10.0 Å². The van der Waals surface area contributed by atoms with Gasteiger partial charge in [0.1, 0.15) is 0 Å². The fourth-order valence-electron chi connectivity index (χ4n) is 2.68. The van der Waals surface area contributed by atoms with Gasteiger partial charge in [0.2, 0.25) is 0 Å². The van der Waals surface area contributed by atoms with Crippen LogP contribution in [0, 0.1) is 6.92 Å². The summed E-state index contributed by atoms with van der Waals surface area (Å²) in [6.07, 6.45) is -1.37. The van der Waals surface area contributed by atoms with Gasteiger partial charge in [-0.1, -0.05) is 35.3 Å². The van der Waals surface area contributed by atoms with Crippen LogP contribution in [0.4, 0.5) is 14.9 Å². The summed E-state index contributed by atoms with van der Waals surface area (Å²) >= 11 is 12.2. The quantitative estimate of drug-likeness (QED) is 0.844. The molecule has 1 aliphatic rings. The molecule has 0 saturated carbocycles. The standard InChI is InChI=1S/C17H16Cl2FN3O/c1-10-8-13(23-17(24)21-6-7-22-23)9-14(19)15(10)16(20)11-2-4-12(18)5-3-11/h2-5,8-9,16,22H,6-7H2,1H3,(H,21,24). The summed E-state index contributed by atoms with van der Waals surface area (Å²) in [5, 5.41) is 4.93. The highest BCUT2D eigenvalue weighted by atomic mass is 35.5. The molecule has 24 heavy (non-hydrogen) atoms. The molecule has 1 aliphatic heterocycles. The average Bonchev–Trinajstić information content (AvgIpc) is 2.55. The summed E-state index contributed by atoms with van der Waals surface area (Å²) < 4.78 is 14.9. The molecule has 3 rings (SSSR count). The highest BCUT2D eigenvalue weighted by Gasteiger charge is 2.24. The van der Waals surface area contributed by atoms with Crippen molar-refractivity contribution < 1.29 is 9.18 Å². The van der Waals surface area contributed by atoms with Crippen LogP contribution < -0.4 is 15.8 Å². The Labute approximate surface area is 149 Å². The third kappa shape index (κ3) is 3.34. The van der Waals surface area contributed by atoms with E-state index in [4.69, 9.17) is 23.2 Å². The van der Waals surface area contributed by atoms with E-state index in [1.54, 1.807) is 43.3 Å². The van der Waals surface area contributed by atoms with Gasteiger partial charge < -0.3 is 5.32 Å². The third-order valence-electron chi connectivity index (χ3n) is 3.87. The number of amides is 2. The minimum absolute atomic E-state index is 0.265. The van der Waals surface area contributed by atoms with Gasteiger partial charge in [-0.05, 0) is 42.3 Å². The highest BCUT2D eigenvalue weighted by Crippen LogP contribution is 2.37. The van der Waals surface area contributed by atoms with Crippen LogP contribution in [0.25, 0.3) is 0 Å². The van der Waals surface area contributed by atoms with Crippen molar-refractivity contribution in [2.45, 2.75) is 13.1 Å². The van der Waals surface area contributed by atoms with Crippen molar-refractivity contribution >= 4 is 34.9 Å². The number of hydrogen-bond donors (Lipinski definition) is 2. The number of alkyl halides is 1. The molecule has 0 radical (unpaired) electrons. The Hall–Kier alpha value is -1.82. The smallest absolute Gasteiger partial charge is 0.335 e. The molecule has 126 valence electrons. The Kier molecular flexibility index (Phi) is 4.94. The summed E-state index contributed by atoms with van der Waals surface area (Å²) in [6.45, 7) is 2.94. The van der Waals surface area contributed by atoms with Crippen LogP contribution in [0.1, 0.15) is 22.9 Å². The van der Waals surface area contributed by atoms with E-state index in [0.717, 1.165) is 0 Å². The molecular formula is C17H16Cl2FN3O. The van der Waals surface area contributed by atoms with Crippen LogP contribution in [0.15, 0.2) is 36.4 Å². The first-order chi connectivity index (χ1) is 11.5. The zero-order chi connectivity index (χ0) is 17.3. The van der Waals surface area contributed by atoms with Crippen molar-refractivity contribution in [3.8, 4) is 0 Å². The van der Waals surface area contributed by atoms with Gasteiger partial charge in [0.05, 0.1) is 5.69 Å². The molecule has 4 nitrogen and oxygen atoms in total. The van der Waals surface area contributed by atoms with Crippen LogP contribution in [0.3, 0.4) is 0 Å². The molecule has 2 amide bonds. The maximum Gasteiger partial charge on any atom is 0.336 e. The number of benzene rings is 2. The topological polar surface area (TPSA) is 44.4 Å². The summed E-state index contributed by atoms with van der Waals surface area (Å²) in [6, 6.07) is 9.61. The number of hydrogen-bond acceptors (Lipinski definition) is 2. The molecule has 1 atom stereocenters. The van der Waals surface area contributed by atoms with Gasteiger partial charge >= 0.3 is 6.03 Å². The largest absolute Gasteiger partial charge is 0.336 e. The molecular weight excluding hydrogens is 352 g/mol. The van der Waals surface area contributed by atoms with Crippen LogP contribution in [-0.2, 0) is 0 Å². The molecule has 2 aromatic rings. The molecule has 2 N–H and O–H groups in total. The number of rotatable bonds is 3. The van der Waals surface area contributed by atoms with Crippen molar-refractivity contribution in [1.82, 2.24) is 10.7 Å². The molecule has 0 aliphatic carbocycles. The molecule has 1 heterocycles. The van der Waals surface area contributed by atoms with Gasteiger partial charge in [-0.15, -0.1) is 0 Å². The minimum Gasteiger partial charge on any atom is -0.335 e. The lowest BCUT2D eigenvalue weighted by molar-refractivity contribution is 0.239. The zero-order valence-corrected chi connectivity index (χ0v) is 14.5. The molecule has 0 bridgehead atoms. The third-order valence-corrected chi connectivity index (χ3v) is 4.43. The first-order valence-electron chi connectivity index (χ1n) is 7.48. The van der Waals surface area contributed by atoms with E-state index in [2.05, 4.69) is 10.7 Å². The molecule has 1 fully saturated rings. The maximum absolute atomic E-state index is 14.9. The second-order valence-electron chi connectivity index (χ2n) is 5.55. The van der Waals surface area contributed by atoms with Gasteiger partial charge in [0.15, 0.2) is 6.17 Å². The Bertz CT molecular complexity index is 744. The number of nitrogens with one attached hydrogen (secondary N) is 2. The average molecular weight is 368 g/mol. The van der Waals surface area contributed by atoms with Crippen molar-refractivity contribution in [3.05, 3.63) is 63.1 Å². The maximum atomic E-state index is 14.9. The zero-order valence-electron chi connectivity index (χ0n) is 12.9. The minimum atomic E-state index is -1.37. The van der Waals surface area contributed by atoms with Gasteiger partial charge in [0, 0.05) is 28.7 Å². The summed E-state index contributed by atoms with van der Waals surface area (Å²) in [4.78, 5) is 11.9. The van der Waals surface area contributed by atoms with Gasteiger partial charge in [-0.25, -0.2) is 19.6 Å². The number of urea groups is 1.